The molecule has 98 valence electrons. The molecule has 0 bridgehead atoms. The van der Waals surface area contributed by atoms with Crippen molar-refractivity contribution in [2.75, 3.05) is 11.9 Å². The summed E-state index contributed by atoms with van der Waals surface area (Å²) in [6.07, 6.45) is 1.93. The Bertz CT molecular complexity index is 444. The normalized spacial score (nSPS) is 9.89. The van der Waals surface area contributed by atoms with Crippen LogP contribution in [0.1, 0.15) is 35.7 Å². The number of carbonyl (C=O) groups excluding carboxylic acids is 1. The SMILES string of the molecule is CCCCNC(=O)Nc1cc(C(=O)O)ccc1C. The summed E-state index contributed by atoms with van der Waals surface area (Å²) in [6, 6.07) is 4.33. The zero-order valence-corrected chi connectivity index (χ0v) is 10.6. The van der Waals surface area contributed by atoms with Gasteiger partial charge in [-0.05, 0) is 31.0 Å². The van der Waals surface area contributed by atoms with Crippen LogP contribution in [-0.4, -0.2) is 23.7 Å². The molecule has 0 fully saturated rings. The first-order valence-corrected chi connectivity index (χ1v) is 5.93. The van der Waals surface area contributed by atoms with Gasteiger partial charge in [-0.15, -0.1) is 0 Å². The van der Waals surface area contributed by atoms with Gasteiger partial charge >= 0.3 is 12.0 Å². The average molecular weight is 250 g/mol. The highest BCUT2D eigenvalue weighted by Crippen LogP contribution is 2.16. The second-order valence-corrected chi connectivity index (χ2v) is 4.07. The summed E-state index contributed by atoms with van der Waals surface area (Å²) in [7, 11) is 0. The third-order valence-electron chi connectivity index (χ3n) is 2.55. The van der Waals surface area contributed by atoms with Gasteiger partial charge in [0.15, 0.2) is 0 Å². The van der Waals surface area contributed by atoms with Gasteiger partial charge in [-0.25, -0.2) is 9.59 Å². The summed E-state index contributed by atoms with van der Waals surface area (Å²) in [4.78, 5) is 22.4. The molecule has 0 unspecified atom stereocenters. The highest BCUT2D eigenvalue weighted by atomic mass is 16.4. The second kappa shape index (κ2) is 6.64. The van der Waals surface area contributed by atoms with Crippen LogP contribution in [0.2, 0.25) is 0 Å². The first-order valence-electron chi connectivity index (χ1n) is 5.93. The van der Waals surface area contributed by atoms with E-state index < -0.39 is 5.97 Å². The molecule has 1 aromatic rings. The van der Waals surface area contributed by atoms with Crippen LogP contribution in [0.15, 0.2) is 18.2 Å². The van der Waals surface area contributed by atoms with Crippen molar-refractivity contribution in [1.82, 2.24) is 5.32 Å². The number of benzene rings is 1. The van der Waals surface area contributed by atoms with Crippen LogP contribution in [0.25, 0.3) is 0 Å². The number of anilines is 1. The number of hydrogen-bond donors (Lipinski definition) is 3. The summed E-state index contributed by atoms with van der Waals surface area (Å²) in [6.45, 7) is 4.47. The van der Waals surface area contributed by atoms with E-state index in [1.54, 1.807) is 6.07 Å². The zero-order chi connectivity index (χ0) is 13.5. The minimum atomic E-state index is -1.01. The fourth-order valence-corrected chi connectivity index (χ4v) is 1.43. The highest BCUT2D eigenvalue weighted by Gasteiger charge is 2.08. The predicted molar refractivity (Wildman–Crippen MR) is 70.1 cm³/mol. The highest BCUT2D eigenvalue weighted by molar-refractivity contribution is 5.93. The molecule has 0 aliphatic rings. The number of unbranched alkanes of at least 4 members (excludes halogenated alkanes) is 1. The van der Waals surface area contributed by atoms with Crippen molar-refractivity contribution >= 4 is 17.7 Å². The van der Waals surface area contributed by atoms with Gasteiger partial charge in [0.2, 0.25) is 0 Å². The van der Waals surface area contributed by atoms with E-state index in [2.05, 4.69) is 10.6 Å². The van der Waals surface area contributed by atoms with Crippen LogP contribution in [-0.2, 0) is 0 Å². The van der Waals surface area contributed by atoms with E-state index in [0.717, 1.165) is 18.4 Å². The van der Waals surface area contributed by atoms with Crippen molar-refractivity contribution in [3.8, 4) is 0 Å². The molecular formula is C13H18N2O3. The van der Waals surface area contributed by atoms with Gasteiger partial charge < -0.3 is 15.7 Å². The molecule has 18 heavy (non-hydrogen) atoms. The van der Waals surface area contributed by atoms with Gasteiger partial charge in [0.25, 0.3) is 0 Å². The Hall–Kier alpha value is -2.04. The van der Waals surface area contributed by atoms with Crippen LogP contribution in [0, 0.1) is 6.92 Å². The Morgan fingerprint density at radius 2 is 2.06 bits per heavy atom. The Balaban J connectivity index is 2.68. The molecule has 0 radical (unpaired) electrons. The average Bonchev–Trinajstić information content (AvgIpc) is 2.32. The third-order valence-corrected chi connectivity index (χ3v) is 2.55. The lowest BCUT2D eigenvalue weighted by Crippen LogP contribution is -2.29. The minimum Gasteiger partial charge on any atom is -0.478 e. The number of nitrogens with one attached hydrogen (secondary N) is 2. The summed E-state index contributed by atoms with van der Waals surface area (Å²) in [5.74, 6) is -1.01. The lowest BCUT2D eigenvalue weighted by Gasteiger charge is -2.10. The molecule has 0 atom stereocenters. The van der Waals surface area contributed by atoms with E-state index in [9.17, 15) is 9.59 Å². The fourth-order valence-electron chi connectivity index (χ4n) is 1.43. The Morgan fingerprint density at radius 1 is 1.33 bits per heavy atom. The smallest absolute Gasteiger partial charge is 0.335 e. The Morgan fingerprint density at radius 3 is 2.67 bits per heavy atom. The second-order valence-electron chi connectivity index (χ2n) is 4.07. The molecule has 1 aromatic carbocycles. The van der Waals surface area contributed by atoms with E-state index in [1.165, 1.54) is 12.1 Å². The van der Waals surface area contributed by atoms with Crippen molar-refractivity contribution in [2.45, 2.75) is 26.7 Å². The number of carboxylic acids is 1. The number of carboxylic acid groups (broad SMARTS) is 1. The topological polar surface area (TPSA) is 78.4 Å². The van der Waals surface area contributed by atoms with Gasteiger partial charge in [-0.3, -0.25) is 0 Å². The number of urea groups is 1. The fraction of sp³-hybridized carbons (Fsp3) is 0.385. The molecule has 0 spiro atoms. The summed E-state index contributed by atoms with van der Waals surface area (Å²) >= 11 is 0. The first kappa shape index (κ1) is 14.0. The lowest BCUT2D eigenvalue weighted by atomic mass is 10.1. The molecule has 1 rings (SSSR count). The first-order chi connectivity index (χ1) is 8.54. The zero-order valence-electron chi connectivity index (χ0n) is 10.6. The molecule has 0 aliphatic heterocycles. The third kappa shape index (κ3) is 4.08. The number of amides is 2. The number of aryl methyl sites for hydroxylation is 1. The molecule has 0 saturated carbocycles. The van der Waals surface area contributed by atoms with Crippen LogP contribution in [0.5, 0.6) is 0 Å². The monoisotopic (exact) mass is 250 g/mol. The molecule has 0 heterocycles. The van der Waals surface area contributed by atoms with Gasteiger partial charge in [0.1, 0.15) is 0 Å². The van der Waals surface area contributed by atoms with Crippen molar-refractivity contribution in [3.63, 3.8) is 0 Å². The summed E-state index contributed by atoms with van der Waals surface area (Å²) in [5, 5.41) is 14.2. The number of carbonyl (C=O) groups is 2. The molecule has 0 aliphatic carbocycles. The van der Waals surface area contributed by atoms with Crippen molar-refractivity contribution in [3.05, 3.63) is 29.3 Å². The predicted octanol–water partition coefficient (Wildman–Crippen LogP) is 2.61. The maximum absolute atomic E-state index is 11.6. The van der Waals surface area contributed by atoms with Crippen molar-refractivity contribution < 1.29 is 14.7 Å². The van der Waals surface area contributed by atoms with E-state index >= 15 is 0 Å². The van der Waals surface area contributed by atoms with Gasteiger partial charge in [-0.1, -0.05) is 19.4 Å². The van der Waals surface area contributed by atoms with Crippen LogP contribution < -0.4 is 10.6 Å². The van der Waals surface area contributed by atoms with Gasteiger partial charge in [-0.2, -0.15) is 0 Å². The van der Waals surface area contributed by atoms with E-state index in [4.69, 9.17) is 5.11 Å². The maximum atomic E-state index is 11.6. The number of aromatic carboxylic acids is 1. The maximum Gasteiger partial charge on any atom is 0.335 e. The van der Waals surface area contributed by atoms with Gasteiger partial charge in [0, 0.05) is 12.2 Å². The molecule has 5 nitrogen and oxygen atoms in total. The van der Waals surface area contributed by atoms with Gasteiger partial charge in [0.05, 0.1) is 5.56 Å². The Labute approximate surface area is 106 Å². The number of rotatable bonds is 5. The molecular weight excluding hydrogens is 232 g/mol. The van der Waals surface area contributed by atoms with Crippen molar-refractivity contribution in [2.24, 2.45) is 0 Å². The Kier molecular flexibility index (Phi) is 5.17. The minimum absolute atomic E-state index is 0.157. The molecule has 3 N–H and O–H groups in total. The lowest BCUT2D eigenvalue weighted by molar-refractivity contribution is 0.0697. The van der Waals surface area contributed by atoms with Crippen LogP contribution in [0.4, 0.5) is 10.5 Å². The molecule has 5 heteroatoms. The molecule has 0 aromatic heterocycles. The molecule has 2 amide bonds. The van der Waals surface area contributed by atoms with Crippen molar-refractivity contribution in [1.29, 1.82) is 0 Å². The van der Waals surface area contributed by atoms with E-state index in [-0.39, 0.29) is 11.6 Å². The largest absolute Gasteiger partial charge is 0.478 e. The van der Waals surface area contributed by atoms with Crippen LogP contribution >= 0.6 is 0 Å². The van der Waals surface area contributed by atoms with E-state index in [1.807, 2.05) is 13.8 Å². The van der Waals surface area contributed by atoms with Crippen LogP contribution in [0.3, 0.4) is 0 Å². The summed E-state index contributed by atoms with van der Waals surface area (Å²) < 4.78 is 0. The summed E-state index contributed by atoms with van der Waals surface area (Å²) in [5.41, 5.74) is 1.50. The van der Waals surface area contributed by atoms with E-state index in [0.29, 0.717) is 12.2 Å². The quantitative estimate of drug-likeness (QED) is 0.703. The number of hydrogen-bond acceptors (Lipinski definition) is 2. The standard InChI is InChI=1S/C13H18N2O3/c1-3-4-7-14-13(18)15-11-8-10(12(16)17)6-5-9(11)2/h5-6,8H,3-4,7H2,1-2H3,(H,16,17)(H2,14,15,18). The molecule has 0 saturated heterocycles.